The van der Waals surface area contributed by atoms with Gasteiger partial charge in [0.05, 0.1) is 5.69 Å². The zero-order valence-electron chi connectivity index (χ0n) is 9.25. The number of H-pyrrole nitrogens is 1. The van der Waals surface area contributed by atoms with Crippen LogP contribution in [0.25, 0.3) is 0 Å². The SMILES string of the molecule is O=C(Nc1ccccc1O)c1n[nH]c([N+](=O)[O-])c1Cl. The number of amides is 1. The Morgan fingerprint density at radius 3 is 2.74 bits per heavy atom. The third-order valence-corrected chi connectivity index (χ3v) is 2.60. The molecule has 98 valence electrons. The lowest BCUT2D eigenvalue weighted by atomic mass is 10.3. The quantitative estimate of drug-likeness (QED) is 0.451. The first-order valence-corrected chi connectivity index (χ1v) is 5.36. The molecule has 1 aromatic carbocycles. The number of nitrogens with one attached hydrogen (secondary N) is 2. The van der Waals surface area contributed by atoms with Crippen LogP contribution in [0.2, 0.25) is 5.02 Å². The summed E-state index contributed by atoms with van der Waals surface area (Å²) in [6.45, 7) is 0. The van der Waals surface area contributed by atoms with Crippen LogP contribution >= 0.6 is 11.6 Å². The lowest BCUT2D eigenvalue weighted by Gasteiger charge is -2.04. The van der Waals surface area contributed by atoms with E-state index in [1.54, 1.807) is 12.1 Å². The van der Waals surface area contributed by atoms with Gasteiger partial charge < -0.3 is 20.5 Å². The second kappa shape index (κ2) is 4.94. The molecule has 0 saturated heterocycles. The molecule has 0 atom stereocenters. The van der Waals surface area contributed by atoms with Crippen LogP contribution < -0.4 is 5.32 Å². The van der Waals surface area contributed by atoms with E-state index in [1.165, 1.54) is 12.1 Å². The van der Waals surface area contributed by atoms with Gasteiger partial charge in [-0.1, -0.05) is 28.8 Å². The summed E-state index contributed by atoms with van der Waals surface area (Å²) in [6.07, 6.45) is 0. The van der Waals surface area contributed by atoms with E-state index in [4.69, 9.17) is 11.6 Å². The highest BCUT2D eigenvalue weighted by Gasteiger charge is 2.25. The van der Waals surface area contributed by atoms with E-state index >= 15 is 0 Å². The first-order chi connectivity index (χ1) is 9.00. The van der Waals surface area contributed by atoms with Crippen LogP contribution in [0.5, 0.6) is 5.75 Å². The third kappa shape index (κ3) is 2.47. The Balaban J connectivity index is 2.26. The number of aromatic amines is 1. The highest BCUT2D eigenvalue weighted by atomic mass is 35.5. The minimum absolute atomic E-state index is 0.142. The first-order valence-electron chi connectivity index (χ1n) is 4.98. The van der Waals surface area contributed by atoms with Gasteiger partial charge in [-0.3, -0.25) is 4.79 Å². The summed E-state index contributed by atoms with van der Waals surface area (Å²) in [4.78, 5) is 21.6. The van der Waals surface area contributed by atoms with Gasteiger partial charge in [-0.2, -0.15) is 0 Å². The van der Waals surface area contributed by atoms with Gasteiger partial charge in [-0.05, 0) is 17.1 Å². The van der Waals surface area contributed by atoms with Crippen molar-refractivity contribution in [2.24, 2.45) is 0 Å². The summed E-state index contributed by atoms with van der Waals surface area (Å²) in [7, 11) is 0. The molecule has 2 aromatic rings. The van der Waals surface area contributed by atoms with Crippen molar-refractivity contribution in [3.05, 3.63) is 45.1 Å². The van der Waals surface area contributed by atoms with Crippen molar-refractivity contribution in [3.63, 3.8) is 0 Å². The molecule has 0 aliphatic carbocycles. The monoisotopic (exact) mass is 282 g/mol. The number of nitrogens with zero attached hydrogens (tertiary/aromatic N) is 2. The Morgan fingerprint density at radius 1 is 1.47 bits per heavy atom. The Bertz CT molecular complexity index is 655. The van der Waals surface area contributed by atoms with E-state index in [0.717, 1.165) is 0 Å². The Morgan fingerprint density at radius 2 is 2.16 bits per heavy atom. The van der Waals surface area contributed by atoms with Gasteiger partial charge in [-0.25, -0.2) is 0 Å². The maximum absolute atomic E-state index is 11.8. The number of carbonyl (C=O) groups excluding carboxylic acids is 1. The van der Waals surface area contributed by atoms with E-state index in [-0.39, 0.29) is 17.1 Å². The molecule has 1 amide bonds. The molecule has 2 rings (SSSR count). The number of aromatic nitrogens is 2. The number of nitro groups is 1. The van der Waals surface area contributed by atoms with E-state index < -0.39 is 21.7 Å². The molecule has 1 aromatic heterocycles. The number of phenolic OH excluding ortho intramolecular Hbond substituents is 1. The van der Waals surface area contributed by atoms with Crippen molar-refractivity contribution >= 4 is 29.0 Å². The maximum atomic E-state index is 11.8. The minimum Gasteiger partial charge on any atom is -0.506 e. The topological polar surface area (TPSA) is 121 Å². The van der Waals surface area contributed by atoms with E-state index in [9.17, 15) is 20.0 Å². The summed E-state index contributed by atoms with van der Waals surface area (Å²) in [5.41, 5.74) is -0.175. The Labute approximate surface area is 111 Å². The molecule has 0 aliphatic rings. The number of rotatable bonds is 3. The fraction of sp³-hybridized carbons (Fsp3) is 0. The van der Waals surface area contributed by atoms with Crippen LogP contribution in [0, 0.1) is 10.1 Å². The second-order valence-electron chi connectivity index (χ2n) is 3.46. The molecule has 19 heavy (non-hydrogen) atoms. The molecule has 0 saturated carbocycles. The molecule has 1 heterocycles. The zero-order chi connectivity index (χ0) is 14.0. The van der Waals surface area contributed by atoms with Crippen molar-refractivity contribution < 1.29 is 14.8 Å². The smallest absolute Gasteiger partial charge is 0.362 e. The normalized spacial score (nSPS) is 10.2. The molecule has 8 nitrogen and oxygen atoms in total. The number of anilines is 1. The van der Waals surface area contributed by atoms with Gasteiger partial charge in [0.1, 0.15) is 5.75 Å². The molecule has 9 heteroatoms. The van der Waals surface area contributed by atoms with Gasteiger partial charge in [0.15, 0.2) is 10.7 Å². The van der Waals surface area contributed by atoms with Crippen molar-refractivity contribution in [3.8, 4) is 5.75 Å². The van der Waals surface area contributed by atoms with Crippen molar-refractivity contribution in [1.29, 1.82) is 0 Å². The van der Waals surface area contributed by atoms with Crippen LogP contribution in [-0.2, 0) is 0 Å². The van der Waals surface area contributed by atoms with Crippen LogP contribution in [0.1, 0.15) is 10.5 Å². The molecule has 0 aliphatic heterocycles. The van der Waals surface area contributed by atoms with Crippen molar-refractivity contribution in [1.82, 2.24) is 10.2 Å². The van der Waals surface area contributed by atoms with Gasteiger partial charge in [0.2, 0.25) is 0 Å². The fourth-order valence-corrected chi connectivity index (χ4v) is 1.59. The highest BCUT2D eigenvalue weighted by molar-refractivity contribution is 6.35. The number of benzene rings is 1. The Hall–Kier alpha value is -2.61. The number of para-hydroxylation sites is 2. The summed E-state index contributed by atoms with van der Waals surface area (Å²) in [5, 5.41) is 27.5. The average Bonchev–Trinajstić information content (AvgIpc) is 2.74. The number of halogens is 1. The third-order valence-electron chi connectivity index (χ3n) is 2.24. The first kappa shape index (κ1) is 12.8. The molecular weight excluding hydrogens is 276 g/mol. The van der Waals surface area contributed by atoms with Crippen LogP contribution in [0.4, 0.5) is 11.5 Å². The molecule has 0 spiro atoms. The van der Waals surface area contributed by atoms with Gasteiger partial charge in [0, 0.05) is 0 Å². The summed E-state index contributed by atoms with van der Waals surface area (Å²) >= 11 is 5.66. The van der Waals surface area contributed by atoms with Crippen LogP contribution in [0.15, 0.2) is 24.3 Å². The largest absolute Gasteiger partial charge is 0.506 e. The number of aromatic hydroxyl groups is 1. The number of phenols is 1. The van der Waals surface area contributed by atoms with Crippen molar-refractivity contribution in [2.75, 3.05) is 5.32 Å². The fourth-order valence-electron chi connectivity index (χ4n) is 1.35. The standard InChI is InChI=1S/C10H7ClN4O4/c11-7-8(13-14-9(7)15(18)19)10(17)12-5-3-1-2-4-6(5)16/h1-4,16H,(H,12,17)(H,13,14). The number of hydrogen-bond acceptors (Lipinski definition) is 5. The van der Waals surface area contributed by atoms with Crippen LogP contribution in [0.3, 0.4) is 0 Å². The predicted molar refractivity (Wildman–Crippen MR) is 66.3 cm³/mol. The van der Waals surface area contributed by atoms with E-state index in [2.05, 4.69) is 15.5 Å². The average molecular weight is 283 g/mol. The van der Waals surface area contributed by atoms with Crippen LogP contribution in [-0.4, -0.2) is 26.1 Å². The lowest BCUT2D eigenvalue weighted by molar-refractivity contribution is -0.389. The minimum atomic E-state index is -0.786. The maximum Gasteiger partial charge on any atom is 0.362 e. The summed E-state index contributed by atoms with van der Waals surface area (Å²) in [6, 6.07) is 6.02. The summed E-state index contributed by atoms with van der Waals surface area (Å²) in [5.74, 6) is -1.48. The van der Waals surface area contributed by atoms with E-state index in [0.29, 0.717) is 0 Å². The van der Waals surface area contributed by atoms with Gasteiger partial charge in [0.25, 0.3) is 5.91 Å². The molecular formula is C10H7ClN4O4. The summed E-state index contributed by atoms with van der Waals surface area (Å²) < 4.78 is 0. The molecule has 3 N–H and O–H groups in total. The molecule has 0 bridgehead atoms. The number of carbonyl (C=O) groups is 1. The van der Waals surface area contributed by atoms with Gasteiger partial charge in [-0.15, -0.1) is 5.10 Å². The van der Waals surface area contributed by atoms with E-state index in [1.807, 2.05) is 0 Å². The predicted octanol–water partition coefficient (Wildman–Crippen LogP) is 1.93. The Kier molecular flexibility index (Phi) is 3.34. The zero-order valence-corrected chi connectivity index (χ0v) is 10.0. The molecule has 0 radical (unpaired) electrons. The molecule has 0 fully saturated rings. The van der Waals surface area contributed by atoms with Gasteiger partial charge >= 0.3 is 5.82 Å². The second-order valence-corrected chi connectivity index (χ2v) is 3.84. The number of hydrogen-bond donors (Lipinski definition) is 3. The van der Waals surface area contributed by atoms with Crippen molar-refractivity contribution in [2.45, 2.75) is 0 Å². The highest BCUT2D eigenvalue weighted by Crippen LogP contribution is 2.27. The molecule has 0 unspecified atom stereocenters. The lowest BCUT2D eigenvalue weighted by Crippen LogP contribution is -2.13.